The predicted molar refractivity (Wildman–Crippen MR) is 51.6 cm³/mol. The quantitative estimate of drug-likeness (QED) is 0.768. The van der Waals surface area contributed by atoms with Crippen molar-refractivity contribution in [2.24, 2.45) is 5.73 Å². The van der Waals surface area contributed by atoms with E-state index in [2.05, 4.69) is 4.98 Å². The molecule has 2 nitrogen and oxygen atoms in total. The number of aromatic nitrogens is 1. The highest BCUT2D eigenvalue weighted by Gasteiger charge is 1.99. The first-order chi connectivity index (χ1) is 5.74. The lowest BCUT2D eigenvalue weighted by Gasteiger charge is -2.00. The lowest BCUT2D eigenvalue weighted by molar-refractivity contribution is 0.829. The summed E-state index contributed by atoms with van der Waals surface area (Å²) in [5.41, 5.74) is 6.44. The Morgan fingerprint density at radius 2 is 2.17 bits per heavy atom. The molecule has 0 aliphatic carbocycles. The van der Waals surface area contributed by atoms with Crippen LogP contribution < -0.4 is 5.73 Å². The molecule has 66 valence electrons. The molecule has 1 heterocycles. The molecule has 0 spiro atoms. The Bertz CT molecular complexity index is 263. The fourth-order valence-corrected chi connectivity index (χ4v) is 1.20. The fourth-order valence-electron chi connectivity index (χ4n) is 0.904. The lowest BCUT2D eigenvalue weighted by Crippen LogP contribution is -2.00. The molecule has 0 saturated carbocycles. The smallest absolute Gasteiger partial charge is 0.147 e. The van der Waals surface area contributed by atoms with Gasteiger partial charge in [-0.3, -0.25) is 0 Å². The van der Waals surface area contributed by atoms with Crippen LogP contribution >= 0.6 is 23.2 Å². The maximum Gasteiger partial charge on any atom is 0.147 e. The summed E-state index contributed by atoms with van der Waals surface area (Å²) in [5, 5.41) is 0.861. The van der Waals surface area contributed by atoms with Crippen molar-refractivity contribution < 1.29 is 0 Å². The molecule has 0 aromatic carbocycles. The van der Waals surface area contributed by atoms with E-state index < -0.39 is 0 Å². The van der Waals surface area contributed by atoms with Gasteiger partial charge in [-0.15, -0.1) is 0 Å². The molecule has 0 radical (unpaired) electrons. The Kier molecular flexibility index (Phi) is 3.79. The van der Waals surface area contributed by atoms with E-state index in [1.54, 1.807) is 6.20 Å². The van der Waals surface area contributed by atoms with Crippen molar-refractivity contribution in [1.29, 1.82) is 0 Å². The Labute approximate surface area is 81.7 Å². The largest absolute Gasteiger partial charge is 0.330 e. The molecule has 2 N–H and O–H groups in total. The molecule has 12 heavy (non-hydrogen) atoms. The van der Waals surface area contributed by atoms with E-state index in [-0.39, 0.29) is 0 Å². The summed E-state index contributed by atoms with van der Waals surface area (Å²) in [5.74, 6) is 0. The summed E-state index contributed by atoms with van der Waals surface area (Å²) in [4.78, 5) is 3.92. The van der Waals surface area contributed by atoms with Crippen molar-refractivity contribution in [3.8, 4) is 0 Å². The van der Waals surface area contributed by atoms with Gasteiger partial charge in [-0.25, -0.2) is 4.98 Å². The van der Waals surface area contributed by atoms with Crippen molar-refractivity contribution in [3.05, 3.63) is 28.0 Å². The molecule has 0 bridgehead atoms. The SMILES string of the molecule is NCCCc1cnc(Cl)c(Cl)c1. The minimum atomic E-state index is 0.355. The van der Waals surface area contributed by atoms with Gasteiger partial charge in [-0.2, -0.15) is 0 Å². The number of halogens is 2. The van der Waals surface area contributed by atoms with Crippen molar-refractivity contribution in [2.45, 2.75) is 12.8 Å². The van der Waals surface area contributed by atoms with Gasteiger partial charge in [0.2, 0.25) is 0 Å². The highest BCUT2D eigenvalue weighted by atomic mass is 35.5. The summed E-state index contributed by atoms with van der Waals surface area (Å²) >= 11 is 11.4. The predicted octanol–water partition coefficient (Wildman–Crippen LogP) is 2.28. The van der Waals surface area contributed by atoms with E-state index in [1.807, 2.05) is 6.07 Å². The van der Waals surface area contributed by atoms with E-state index >= 15 is 0 Å². The lowest BCUT2D eigenvalue weighted by atomic mass is 10.2. The van der Waals surface area contributed by atoms with Crippen molar-refractivity contribution in [2.75, 3.05) is 6.54 Å². The molecule has 0 atom stereocenters. The average molecular weight is 205 g/mol. The zero-order chi connectivity index (χ0) is 8.97. The van der Waals surface area contributed by atoms with Crippen LogP contribution in [0, 0.1) is 0 Å². The van der Waals surface area contributed by atoms with Gasteiger partial charge in [-0.05, 0) is 31.0 Å². The van der Waals surface area contributed by atoms with Crippen LogP contribution in [-0.2, 0) is 6.42 Å². The van der Waals surface area contributed by atoms with Gasteiger partial charge in [0.25, 0.3) is 0 Å². The maximum atomic E-state index is 5.77. The Morgan fingerprint density at radius 3 is 2.75 bits per heavy atom. The first kappa shape index (κ1) is 9.78. The van der Waals surface area contributed by atoms with Crippen molar-refractivity contribution >= 4 is 23.2 Å². The van der Waals surface area contributed by atoms with Crippen LogP contribution in [-0.4, -0.2) is 11.5 Å². The van der Waals surface area contributed by atoms with Crippen LogP contribution in [0.2, 0.25) is 10.2 Å². The van der Waals surface area contributed by atoms with Gasteiger partial charge in [0.1, 0.15) is 5.15 Å². The number of hydrogen-bond donors (Lipinski definition) is 1. The number of hydrogen-bond acceptors (Lipinski definition) is 2. The van der Waals surface area contributed by atoms with Crippen molar-refractivity contribution in [1.82, 2.24) is 4.98 Å². The maximum absolute atomic E-state index is 5.77. The Balaban J connectivity index is 2.69. The molecule has 1 rings (SSSR count). The highest BCUT2D eigenvalue weighted by molar-refractivity contribution is 6.41. The van der Waals surface area contributed by atoms with Crippen LogP contribution in [0.5, 0.6) is 0 Å². The molecule has 0 aliphatic rings. The second-order valence-electron chi connectivity index (χ2n) is 2.51. The third-order valence-corrected chi connectivity index (χ3v) is 2.21. The highest BCUT2D eigenvalue weighted by Crippen LogP contribution is 2.20. The van der Waals surface area contributed by atoms with Gasteiger partial charge in [0.05, 0.1) is 5.02 Å². The number of pyridine rings is 1. The summed E-state index contributed by atoms with van der Waals surface area (Å²) in [6.07, 6.45) is 3.57. The van der Waals surface area contributed by atoms with Crippen molar-refractivity contribution in [3.63, 3.8) is 0 Å². The third-order valence-electron chi connectivity index (χ3n) is 1.52. The number of nitrogens with two attached hydrogens (primary N) is 1. The zero-order valence-corrected chi connectivity index (χ0v) is 8.07. The normalized spacial score (nSPS) is 10.2. The Hall–Kier alpha value is -0.310. The van der Waals surface area contributed by atoms with E-state index in [9.17, 15) is 0 Å². The monoisotopic (exact) mass is 204 g/mol. The molecule has 4 heteroatoms. The van der Waals surface area contributed by atoms with Crippen LogP contribution in [0.1, 0.15) is 12.0 Å². The first-order valence-corrected chi connectivity index (χ1v) is 4.49. The van der Waals surface area contributed by atoms with E-state index in [4.69, 9.17) is 28.9 Å². The van der Waals surface area contributed by atoms with Gasteiger partial charge in [-0.1, -0.05) is 23.2 Å². The number of nitrogens with zero attached hydrogens (tertiary/aromatic N) is 1. The first-order valence-electron chi connectivity index (χ1n) is 3.74. The molecule has 0 unspecified atom stereocenters. The second-order valence-corrected chi connectivity index (χ2v) is 3.27. The molecule has 0 aliphatic heterocycles. The third kappa shape index (κ3) is 2.63. The van der Waals surface area contributed by atoms with Crippen LogP contribution in [0.25, 0.3) is 0 Å². The molecule has 0 fully saturated rings. The molecule has 0 amide bonds. The number of rotatable bonds is 3. The fraction of sp³-hybridized carbons (Fsp3) is 0.375. The van der Waals surface area contributed by atoms with Gasteiger partial charge in [0, 0.05) is 6.20 Å². The standard InChI is InChI=1S/C8H10Cl2N2/c9-7-4-6(2-1-3-11)5-12-8(7)10/h4-5H,1-3,11H2. The molecule has 0 saturated heterocycles. The average Bonchev–Trinajstić information content (AvgIpc) is 2.07. The zero-order valence-electron chi connectivity index (χ0n) is 6.56. The topological polar surface area (TPSA) is 38.9 Å². The van der Waals surface area contributed by atoms with E-state index in [0.29, 0.717) is 16.7 Å². The molecule has 1 aromatic heterocycles. The summed E-state index contributed by atoms with van der Waals surface area (Å²) in [6, 6.07) is 1.83. The minimum Gasteiger partial charge on any atom is -0.330 e. The summed E-state index contributed by atoms with van der Waals surface area (Å²) < 4.78 is 0. The van der Waals surface area contributed by atoms with Crippen LogP contribution in [0.15, 0.2) is 12.3 Å². The van der Waals surface area contributed by atoms with Gasteiger partial charge < -0.3 is 5.73 Å². The molecular weight excluding hydrogens is 195 g/mol. The summed E-state index contributed by atoms with van der Waals surface area (Å²) in [6.45, 7) is 0.681. The number of aryl methyl sites for hydroxylation is 1. The van der Waals surface area contributed by atoms with E-state index in [1.165, 1.54) is 0 Å². The Morgan fingerprint density at radius 1 is 1.42 bits per heavy atom. The van der Waals surface area contributed by atoms with Crippen LogP contribution in [0.3, 0.4) is 0 Å². The van der Waals surface area contributed by atoms with E-state index in [0.717, 1.165) is 18.4 Å². The van der Waals surface area contributed by atoms with Gasteiger partial charge >= 0.3 is 0 Å². The molecule has 1 aromatic rings. The molecular formula is C8H10Cl2N2. The second kappa shape index (κ2) is 4.65. The minimum absolute atomic E-state index is 0.355. The van der Waals surface area contributed by atoms with Crippen LogP contribution in [0.4, 0.5) is 0 Å². The van der Waals surface area contributed by atoms with Gasteiger partial charge in [0.15, 0.2) is 0 Å². The summed E-state index contributed by atoms with van der Waals surface area (Å²) in [7, 11) is 0.